The van der Waals surface area contributed by atoms with E-state index in [0.29, 0.717) is 39.4 Å². The summed E-state index contributed by atoms with van der Waals surface area (Å²) in [5.41, 5.74) is 1.09. The molecule has 7 nitrogen and oxygen atoms in total. The van der Waals surface area contributed by atoms with E-state index >= 15 is 0 Å². The molecule has 1 N–H and O–H groups in total. The van der Waals surface area contributed by atoms with Gasteiger partial charge in [-0.05, 0) is 48.5 Å². The fraction of sp³-hybridized carbons (Fsp3) is 0.182. The van der Waals surface area contributed by atoms with Crippen molar-refractivity contribution < 1.29 is 14.3 Å². The normalized spacial score (nSPS) is 10.5. The van der Waals surface area contributed by atoms with Crippen molar-refractivity contribution in [1.82, 2.24) is 20.1 Å². The molecule has 0 aliphatic rings. The number of benzene rings is 2. The summed E-state index contributed by atoms with van der Waals surface area (Å²) >= 11 is 7.14. The van der Waals surface area contributed by atoms with Gasteiger partial charge in [-0.15, -0.1) is 16.8 Å². The van der Waals surface area contributed by atoms with E-state index in [4.69, 9.17) is 16.3 Å². The molecule has 160 valence electrons. The average molecular weight is 457 g/mol. The summed E-state index contributed by atoms with van der Waals surface area (Å²) in [7, 11) is 1.58. The number of nitrogens with one attached hydrogen (secondary N) is 1. The molecule has 1 amide bonds. The molecule has 3 rings (SSSR count). The lowest BCUT2D eigenvalue weighted by atomic mass is 10.1. The van der Waals surface area contributed by atoms with E-state index in [1.807, 2.05) is 4.57 Å². The fourth-order valence-corrected chi connectivity index (χ4v) is 3.71. The van der Waals surface area contributed by atoms with Gasteiger partial charge in [0.15, 0.2) is 16.8 Å². The largest absolute Gasteiger partial charge is 0.497 e. The molecule has 0 saturated heterocycles. The van der Waals surface area contributed by atoms with Crippen LogP contribution in [0.1, 0.15) is 26.5 Å². The standard InChI is InChI=1S/C22H21ClN4O3S/c1-3-12-27-20(13-24-21(29)16-4-8-17(23)9-5-16)25-26-22(27)31-14-19(28)15-6-10-18(30-2)11-7-15/h3-11H,1,12-14H2,2H3,(H,24,29). The molecule has 0 atom stereocenters. The van der Waals surface area contributed by atoms with Gasteiger partial charge in [-0.2, -0.15) is 0 Å². The highest BCUT2D eigenvalue weighted by Gasteiger charge is 2.15. The quantitative estimate of drug-likeness (QED) is 0.281. The lowest BCUT2D eigenvalue weighted by molar-refractivity contribution is 0.0948. The number of ketones is 1. The van der Waals surface area contributed by atoms with Crippen LogP contribution in [0, 0.1) is 0 Å². The number of thioether (sulfide) groups is 1. The second-order valence-electron chi connectivity index (χ2n) is 6.43. The van der Waals surface area contributed by atoms with Gasteiger partial charge >= 0.3 is 0 Å². The Morgan fingerprint density at radius 1 is 1.13 bits per heavy atom. The van der Waals surface area contributed by atoms with Gasteiger partial charge < -0.3 is 14.6 Å². The number of allylic oxidation sites excluding steroid dienone is 1. The molecule has 0 fully saturated rings. The number of ether oxygens (including phenoxy) is 1. The lowest BCUT2D eigenvalue weighted by Crippen LogP contribution is -2.24. The Morgan fingerprint density at radius 2 is 1.81 bits per heavy atom. The Labute approximate surface area is 189 Å². The van der Waals surface area contributed by atoms with Crippen molar-refractivity contribution in [3.8, 4) is 5.75 Å². The van der Waals surface area contributed by atoms with Crippen molar-refractivity contribution in [3.05, 3.63) is 83.2 Å². The highest BCUT2D eigenvalue weighted by molar-refractivity contribution is 7.99. The molecule has 1 heterocycles. The van der Waals surface area contributed by atoms with Crippen molar-refractivity contribution in [2.24, 2.45) is 0 Å². The van der Waals surface area contributed by atoms with E-state index < -0.39 is 0 Å². The Kier molecular flexibility index (Phi) is 7.86. The summed E-state index contributed by atoms with van der Waals surface area (Å²) in [6.07, 6.45) is 1.71. The van der Waals surface area contributed by atoms with Crippen LogP contribution in [0.4, 0.5) is 0 Å². The number of nitrogens with zero attached hydrogens (tertiary/aromatic N) is 3. The maximum atomic E-state index is 12.5. The second kappa shape index (κ2) is 10.8. The Hall–Kier alpha value is -3.10. The van der Waals surface area contributed by atoms with E-state index in [1.54, 1.807) is 61.7 Å². The molecule has 0 radical (unpaired) electrons. The average Bonchev–Trinajstić information content (AvgIpc) is 3.18. The van der Waals surface area contributed by atoms with Gasteiger partial charge in [-0.1, -0.05) is 29.4 Å². The van der Waals surface area contributed by atoms with Crippen LogP contribution in [0.2, 0.25) is 5.02 Å². The van der Waals surface area contributed by atoms with Crippen LogP contribution < -0.4 is 10.1 Å². The first-order valence-electron chi connectivity index (χ1n) is 9.38. The number of aromatic nitrogens is 3. The molecule has 31 heavy (non-hydrogen) atoms. The third kappa shape index (κ3) is 5.96. The van der Waals surface area contributed by atoms with Crippen LogP contribution >= 0.6 is 23.4 Å². The predicted molar refractivity (Wildman–Crippen MR) is 121 cm³/mol. The summed E-state index contributed by atoms with van der Waals surface area (Å²) in [6, 6.07) is 13.6. The van der Waals surface area contributed by atoms with Crippen LogP contribution in [0.3, 0.4) is 0 Å². The molecular weight excluding hydrogens is 436 g/mol. The molecule has 1 aromatic heterocycles. The Balaban J connectivity index is 1.63. The van der Waals surface area contributed by atoms with Gasteiger partial charge in [-0.25, -0.2) is 0 Å². The predicted octanol–water partition coefficient (Wildman–Crippen LogP) is 4.03. The smallest absolute Gasteiger partial charge is 0.251 e. The van der Waals surface area contributed by atoms with Crippen LogP contribution in [0.15, 0.2) is 66.3 Å². The molecule has 0 aliphatic heterocycles. The first-order chi connectivity index (χ1) is 15.0. The zero-order valence-electron chi connectivity index (χ0n) is 16.9. The lowest BCUT2D eigenvalue weighted by Gasteiger charge is -2.09. The highest BCUT2D eigenvalue weighted by Crippen LogP contribution is 2.20. The highest BCUT2D eigenvalue weighted by atomic mass is 35.5. The van der Waals surface area contributed by atoms with E-state index in [1.165, 1.54) is 11.8 Å². The van der Waals surface area contributed by atoms with Crippen LogP contribution in [-0.4, -0.2) is 39.3 Å². The molecule has 0 aliphatic carbocycles. The molecule has 0 bridgehead atoms. The molecular formula is C22H21ClN4O3S. The minimum Gasteiger partial charge on any atom is -0.497 e. The third-order valence-electron chi connectivity index (χ3n) is 4.36. The van der Waals surface area contributed by atoms with Gasteiger partial charge in [0.2, 0.25) is 0 Å². The van der Waals surface area contributed by atoms with Crippen molar-refractivity contribution in [2.45, 2.75) is 18.2 Å². The van der Waals surface area contributed by atoms with Crippen LogP contribution in [0.25, 0.3) is 0 Å². The maximum Gasteiger partial charge on any atom is 0.251 e. The Morgan fingerprint density at radius 3 is 2.45 bits per heavy atom. The summed E-state index contributed by atoms with van der Waals surface area (Å²) in [5.74, 6) is 1.20. The van der Waals surface area contributed by atoms with Gasteiger partial charge in [0.1, 0.15) is 5.75 Å². The molecule has 2 aromatic carbocycles. The topological polar surface area (TPSA) is 86.1 Å². The van der Waals surface area contributed by atoms with E-state index in [-0.39, 0.29) is 24.0 Å². The van der Waals surface area contributed by atoms with Gasteiger partial charge in [0.05, 0.1) is 19.4 Å². The zero-order chi connectivity index (χ0) is 22.2. The van der Waals surface area contributed by atoms with Gasteiger partial charge in [0.25, 0.3) is 5.91 Å². The third-order valence-corrected chi connectivity index (χ3v) is 5.58. The molecule has 0 saturated carbocycles. The number of methoxy groups -OCH3 is 1. The number of amides is 1. The van der Waals surface area contributed by atoms with Crippen molar-refractivity contribution in [1.29, 1.82) is 0 Å². The number of halogens is 1. The number of carbonyl (C=O) groups is 2. The van der Waals surface area contributed by atoms with Crippen molar-refractivity contribution >= 4 is 35.1 Å². The monoisotopic (exact) mass is 456 g/mol. The molecule has 3 aromatic rings. The van der Waals surface area contributed by atoms with E-state index in [9.17, 15) is 9.59 Å². The first kappa shape index (κ1) is 22.6. The number of rotatable bonds is 10. The summed E-state index contributed by atoms with van der Waals surface area (Å²) in [4.78, 5) is 24.8. The number of carbonyl (C=O) groups excluding carboxylic acids is 2. The number of hydrogen-bond acceptors (Lipinski definition) is 6. The summed E-state index contributed by atoms with van der Waals surface area (Å²) in [6.45, 7) is 4.41. The SMILES string of the molecule is C=CCn1c(CNC(=O)c2ccc(Cl)cc2)nnc1SCC(=O)c1ccc(OC)cc1. The van der Waals surface area contributed by atoms with E-state index in [2.05, 4.69) is 22.1 Å². The van der Waals surface area contributed by atoms with Gasteiger partial charge in [0, 0.05) is 22.7 Å². The Bertz CT molecular complexity index is 1070. The minimum absolute atomic E-state index is 0.0293. The number of hydrogen-bond donors (Lipinski definition) is 1. The van der Waals surface area contributed by atoms with Crippen LogP contribution in [-0.2, 0) is 13.1 Å². The van der Waals surface area contributed by atoms with Crippen molar-refractivity contribution in [2.75, 3.05) is 12.9 Å². The summed E-state index contributed by atoms with van der Waals surface area (Å²) in [5, 5.41) is 12.3. The van der Waals surface area contributed by atoms with E-state index in [0.717, 1.165) is 0 Å². The zero-order valence-corrected chi connectivity index (χ0v) is 18.4. The fourth-order valence-electron chi connectivity index (χ4n) is 2.72. The first-order valence-corrected chi connectivity index (χ1v) is 10.7. The second-order valence-corrected chi connectivity index (χ2v) is 7.81. The van der Waals surface area contributed by atoms with Gasteiger partial charge in [-0.3, -0.25) is 9.59 Å². The molecule has 9 heteroatoms. The summed E-state index contributed by atoms with van der Waals surface area (Å²) < 4.78 is 6.93. The molecule has 0 spiro atoms. The van der Waals surface area contributed by atoms with Crippen LogP contribution in [0.5, 0.6) is 5.75 Å². The van der Waals surface area contributed by atoms with Crippen molar-refractivity contribution in [3.63, 3.8) is 0 Å². The molecule has 0 unspecified atom stereocenters. The maximum absolute atomic E-state index is 12.5. The number of Topliss-reactive ketones (excluding diaryl/α,β-unsaturated/α-hetero) is 1. The minimum atomic E-state index is -0.242.